The van der Waals surface area contributed by atoms with Crippen molar-refractivity contribution in [3.8, 4) is 16.9 Å². The van der Waals surface area contributed by atoms with E-state index in [1.165, 1.54) is 43.2 Å². The standard InChI is InChI=1S/C23H24Cl3NO/c24-15-10-19(25)22(20(26)11-15)14-8-16(13-4-2-1-3-5-13)23-17(9-14)18-12-27-7-6-21(18)28-23/h8-11,13,18,21,27H,1-7,12H2. The second-order valence-corrected chi connectivity index (χ2v) is 9.57. The fraction of sp³-hybridized carbons (Fsp3) is 0.478. The SMILES string of the molecule is Clc1cc(Cl)c(-c2cc(C3CCCCC3)c3c(c2)C2CNCCC2O3)c(Cl)c1. The van der Waals surface area contributed by atoms with Gasteiger partial charge in [0.05, 0.1) is 10.0 Å². The van der Waals surface area contributed by atoms with Gasteiger partial charge in [-0.05, 0) is 67.1 Å². The molecule has 2 aliphatic heterocycles. The van der Waals surface area contributed by atoms with Gasteiger partial charge in [0.1, 0.15) is 11.9 Å². The minimum absolute atomic E-state index is 0.282. The van der Waals surface area contributed by atoms with Crippen LogP contribution in [0.5, 0.6) is 5.75 Å². The molecule has 2 atom stereocenters. The van der Waals surface area contributed by atoms with Gasteiger partial charge in [0.15, 0.2) is 0 Å². The Morgan fingerprint density at radius 2 is 1.57 bits per heavy atom. The summed E-state index contributed by atoms with van der Waals surface area (Å²) in [6.07, 6.45) is 7.72. The first-order valence-electron chi connectivity index (χ1n) is 10.3. The molecule has 2 aromatic carbocycles. The predicted molar refractivity (Wildman–Crippen MR) is 117 cm³/mol. The Balaban J connectivity index is 1.67. The quantitative estimate of drug-likeness (QED) is 0.537. The van der Waals surface area contributed by atoms with Gasteiger partial charge in [-0.1, -0.05) is 54.1 Å². The van der Waals surface area contributed by atoms with Gasteiger partial charge in [-0.15, -0.1) is 0 Å². The third kappa shape index (κ3) is 3.33. The van der Waals surface area contributed by atoms with Crippen LogP contribution >= 0.6 is 34.8 Å². The van der Waals surface area contributed by atoms with Gasteiger partial charge < -0.3 is 10.1 Å². The first kappa shape index (κ1) is 19.1. The number of halogens is 3. The van der Waals surface area contributed by atoms with E-state index in [1.807, 2.05) is 0 Å². The molecule has 1 saturated heterocycles. The first-order valence-corrected chi connectivity index (χ1v) is 11.5. The van der Waals surface area contributed by atoms with E-state index in [1.54, 1.807) is 12.1 Å². The van der Waals surface area contributed by atoms with Gasteiger partial charge in [0.2, 0.25) is 0 Å². The van der Waals surface area contributed by atoms with Crippen molar-refractivity contribution < 1.29 is 4.74 Å². The largest absolute Gasteiger partial charge is 0.489 e. The highest BCUT2D eigenvalue weighted by Gasteiger charge is 2.39. The minimum Gasteiger partial charge on any atom is -0.489 e. The van der Waals surface area contributed by atoms with Crippen molar-refractivity contribution in [2.75, 3.05) is 13.1 Å². The molecule has 2 unspecified atom stereocenters. The van der Waals surface area contributed by atoms with Crippen molar-refractivity contribution in [3.05, 3.63) is 50.5 Å². The van der Waals surface area contributed by atoms with E-state index in [0.29, 0.717) is 26.9 Å². The maximum absolute atomic E-state index is 6.58. The Morgan fingerprint density at radius 1 is 0.857 bits per heavy atom. The third-order valence-electron chi connectivity index (χ3n) is 6.57. The molecule has 1 N–H and O–H groups in total. The highest BCUT2D eigenvalue weighted by Crippen LogP contribution is 2.50. The summed E-state index contributed by atoms with van der Waals surface area (Å²) >= 11 is 19.3. The van der Waals surface area contributed by atoms with Crippen LogP contribution in [0.4, 0.5) is 0 Å². The van der Waals surface area contributed by atoms with Crippen LogP contribution in [0, 0.1) is 0 Å². The van der Waals surface area contributed by atoms with Crippen molar-refractivity contribution in [2.45, 2.75) is 56.5 Å². The maximum Gasteiger partial charge on any atom is 0.126 e. The lowest BCUT2D eigenvalue weighted by Crippen LogP contribution is -2.37. The fourth-order valence-corrected chi connectivity index (χ4v) is 6.24. The van der Waals surface area contributed by atoms with Gasteiger partial charge in [-0.3, -0.25) is 0 Å². The highest BCUT2D eigenvalue weighted by atomic mass is 35.5. The average Bonchev–Trinajstić information content (AvgIpc) is 3.06. The number of fused-ring (bicyclic) bond motifs is 3. The van der Waals surface area contributed by atoms with Crippen LogP contribution < -0.4 is 10.1 Å². The molecule has 5 heteroatoms. The van der Waals surface area contributed by atoms with Gasteiger partial charge in [-0.25, -0.2) is 0 Å². The third-order valence-corrected chi connectivity index (χ3v) is 7.39. The zero-order chi connectivity index (χ0) is 19.3. The number of rotatable bonds is 2. The van der Waals surface area contributed by atoms with Crippen molar-refractivity contribution in [3.63, 3.8) is 0 Å². The summed E-state index contributed by atoms with van der Waals surface area (Å²) in [6.45, 7) is 1.99. The van der Waals surface area contributed by atoms with E-state index < -0.39 is 0 Å². The number of ether oxygens (including phenoxy) is 1. The van der Waals surface area contributed by atoms with Gasteiger partial charge >= 0.3 is 0 Å². The van der Waals surface area contributed by atoms with E-state index in [2.05, 4.69) is 17.4 Å². The summed E-state index contributed by atoms with van der Waals surface area (Å²) in [5, 5.41) is 5.30. The van der Waals surface area contributed by atoms with Crippen LogP contribution in [0.15, 0.2) is 24.3 Å². The van der Waals surface area contributed by atoms with Crippen LogP contribution in [0.2, 0.25) is 15.1 Å². The van der Waals surface area contributed by atoms with E-state index in [9.17, 15) is 0 Å². The first-order chi connectivity index (χ1) is 13.6. The Hall–Kier alpha value is -0.930. The van der Waals surface area contributed by atoms with Crippen LogP contribution in [0.1, 0.15) is 61.5 Å². The number of piperidine rings is 1. The smallest absolute Gasteiger partial charge is 0.126 e. The molecule has 2 nitrogen and oxygen atoms in total. The van der Waals surface area contributed by atoms with Gasteiger partial charge in [0, 0.05) is 28.6 Å². The topological polar surface area (TPSA) is 21.3 Å². The number of nitrogens with one attached hydrogen (secondary N) is 1. The molecule has 2 heterocycles. The number of benzene rings is 2. The van der Waals surface area contributed by atoms with Crippen molar-refractivity contribution >= 4 is 34.8 Å². The van der Waals surface area contributed by atoms with Crippen molar-refractivity contribution in [2.24, 2.45) is 0 Å². The van der Waals surface area contributed by atoms with E-state index in [4.69, 9.17) is 39.5 Å². The van der Waals surface area contributed by atoms with E-state index >= 15 is 0 Å². The molecule has 148 valence electrons. The van der Waals surface area contributed by atoms with Crippen LogP contribution in [0.3, 0.4) is 0 Å². The lowest BCUT2D eigenvalue weighted by atomic mass is 9.80. The molecule has 1 saturated carbocycles. The van der Waals surface area contributed by atoms with Crippen molar-refractivity contribution in [1.82, 2.24) is 5.32 Å². The summed E-state index contributed by atoms with van der Waals surface area (Å²) in [7, 11) is 0. The summed E-state index contributed by atoms with van der Waals surface area (Å²) in [6, 6.07) is 8.08. The predicted octanol–water partition coefficient (Wildman–Crippen LogP) is 7.20. The molecule has 0 amide bonds. The second kappa shape index (κ2) is 7.72. The fourth-order valence-electron chi connectivity index (χ4n) is 5.20. The Morgan fingerprint density at radius 3 is 2.32 bits per heavy atom. The molecule has 1 aliphatic carbocycles. The zero-order valence-electron chi connectivity index (χ0n) is 15.7. The lowest BCUT2D eigenvalue weighted by Gasteiger charge is -2.25. The van der Waals surface area contributed by atoms with Crippen LogP contribution in [-0.4, -0.2) is 19.2 Å². The molecule has 28 heavy (non-hydrogen) atoms. The van der Waals surface area contributed by atoms with Gasteiger partial charge in [0.25, 0.3) is 0 Å². The Labute approximate surface area is 181 Å². The maximum atomic E-state index is 6.58. The summed E-state index contributed by atoms with van der Waals surface area (Å²) in [5.41, 5.74) is 4.63. The molecule has 0 aromatic heterocycles. The molecule has 0 bridgehead atoms. The van der Waals surface area contributed by atoms with E-state index in [-0.39, 0.29) is 6.10 Å². The number of hydrogen-bond acceptors (Lipinski definition) is 2. The molecular formula is C23H24Cl3NO. The molecule has 0 spiro atoms. The summed E-state index contributed by atoms with van der Waals surface area (Å²) in [4.78, 5) is 0. The summed E-state index contributed by atoms with van der Waals surface area (Å²) in [5.74, 6) is 2.09. The molecule has 2 fully saturated rings. The van der Waals surface area contributed by atoms with Gasteiger partial charge in [-0.2, -0.15) is 0 Å². The molecule has 5 rings (SSSR count). The Kier molecular flexibility index (Phi) is 5.25. The lowest BCUT2D eigenvalue weighted by molar-refractivity contribution is 0.170. The zero-order valence-corrected chi connectivity index (χ0v) is 18.0. The molecule has 3 aliphatic rings. The van der Waals surface area contributed by atoms with E-state index in [0.717, 1.165) is 36.4 Å². The van der Waals surface area contributed by atoms with Crippen LogP contribution in [0.25, 0.3) is 11.1 Å². The second-order valence-electron chi connectivity index (χ2n) is 8.32. The van der Waals surface area contributed by atoms with Crippen molar-refractivity contribution in [1.29, 1.82) is 0 Å². The van der Waals surface area contributed by atoms with Crippen LogP contribution in [-0.2, 0) is 0 Å². The summed E-state index contributed by atoms with van der Waals surface area (Å²) < 4.78 is 6.54. The molecule has 0 radical (unpaired) electrons. The normalized spacial score (nSPS) is 24.5. The molecular weight excluding hydrogens is 413 g/mol. The Bertz CT molecular complexity index is 884. The number of hydrogen-bond donors (Lipinski definition) is 1. The monoisotopic (exact) mass is 435 g/mol. The minimum atomic E-state index is 0.282. The molecule has 2 aromatic rings. The average molecular weight is 437 g/mol. The highest BCUT2D eigenvalue weighted by molar-refractivity contribution is 6.41.